The largest absolute Gasteiger partial charge is 0.376 e. The summed E-state index contributed by atoms with van der Waals surface area (Å²) in [6.45, 7) is -1.53. The smallest absolute Gasteiger partial charge is 0.274 e. The minimum atomic E-state index is -0.763. The second-order valence-corrected chi connectivity index (χ2v) is 5.92. The molecule has 0 bridgehead atoms. The summed E-state index contributed by atoms with van der Waals surface area (Å²) < 4.78 is 1.35. The van der Waals surface area contributed by atoms with Gasteiger partial charge in [-0.25, -0.2) is 9.13 Å². The molecular weight excluding hydrogens is 308 g/mol. The number of hydrogen-bond acceptors (Lipinski definition) is 8. The molecule has 10 heteroatoms. The topological polar surface area (TPSA) is 119 Å². The van der Waals surface area contributed by atoms with Gasteiger partial charge in [0.15, 0.2) is 0 Å². The Labute approximate surface area is 116 Å². The quantitative estimate of drug-likeness (QED) is 0.594. The van der Waals surface area contributed by atoms with Gasteiger partial charge in [0.1, 0.15) is 32.3 Å². The first kappa shape index (κ1) is 13.1. The van der Waals surface area contributed by atoms with Crippen molar-refractivity contribution in [1.82, 2.24) is 9.13 Å². The summed E-state index contributed by atoms with van der Waals surface area (Å²) >= 11 is 1.45. The summed E-state index contributed by atoms with van der Waals surface area (Å²) in [6, 6.07) is 0. The van der Waals surface area contributed by atoms with Crippen LogP contribution in [0.5, 0.6) is 0 Å². The molecule has 0 saturated heterocycles. The van der Waals surface area contributed by atoms with E-state index in [9.17, 15) is 19.2 Å². The Bertz CT molecular complexity index is 895. The van der Waals surface area contributed by atoms with Crippen LogP contribution in [0.2, 0.25) is 0 Å². The van der Waals surface area contributed by atoms with Crippen molar-refractivity contribution in [2.24, 2.45) is 0 Å². The predicted molar refractivity (Wildman–Crippen MR) is 73.9 cm³/mol. The fourth-order valence-corrected chi connectivity index (χ4v) is 4.30. The molecule has 0 aromatic carbocycles. The SMILES string of the molecule is O=c1c2sc3c(=O)n(CO)c(=O)c3sc2c(=O)n1CO. The lowest BCUT2D eigenvalue weighted by atomic mass is 10.6. The zero-order chi connectivity index (χ0) is 14.6. The second kappa shape index (κ2) is 4.31. The summed E-state index contributed by atoms with van der Waals surface area (Å²) in [6.07, 6.45) is 0. The number of nitrogens with zero attached hydrogens (tertiary/aromatic N) is 2. The highest BCUT2D eigenvalue weighted by atomic mass is 32.1. The van der Waals surface area contributed by atoms with Crippen molar-refractivity contribution < 1.29 is 10.2 Å². The zero-order valence-electron chi connectivity index (χ0n) is 9.65. The Morgan fingerprint density at radius 1 is 0.650 bits per heavy atom. The van der Waals surface area contributed by atoms with E-state index in [1.807, 2.05) is 0 Å². The van der Waals surface area contributed by atoms with Crippen molar-refractivity contribution in [3.63, 3.8) is 0 Å². The van der Waals surface area contributed by atoms with Crippen molar-refractivity contribution in [3.05, 3.63) is 41.4 Å². The van der Waals surface area contributed by atoms with E-state index < -0.39 is 35.7 Å². The molecule has 3 rings (SSSR count). The molecule has 0 aliphatic heterocycles. The molecule has 3 aromatic heterocycles. The molecule has 2 N–H and O–H groups in total. The van der Waals surface area contributed by atoms with Gasteiger partial charge in [-0.05, 0) is 0 Å². The van der Waals surface area contributed by atoms with Crippen LogP contribution in [0, 0.1) is 0 Å². The van der Waals surface area contributed by atoms with Crippen LogP contribution in [0.4, 0.5) is 0 Å². The maximum atomic E-state index is 11.9. The third-order valence-corrected chi connectivity index (χ3v) is 5.45. The third-order valence-electron chi connectivity index (χ3n) is 2.86. The average molecular weight is 314 g/mol. The Hall–Kier alpha value is -1.88. The van der Waals surface area contributed by atoms with Gasteiger partial charge in [-0.3, -0.25) is 19.2 Å². The minimum Gasteiger partial charge on any atom is -0.376 e. The summed E-state index contributed by atoms with van der Waals surface area (Å²) in [5, 5.41) is 18.0. The Kier molecular flexibility index (Phi) is 2.83. The Morgan fingerprint density at radius 2 is 0.900 bits per heavy atom. The molecule has 3 heterocycles. The highest BCUT2D eigenvalue weighted by molar-refractivity contribution is 7.36. The maximum Gasteiger partial charge on any atom is 0.274 e. The molecule has 0 radical (unpaired) electrons. The van der Waals surface area contributed by atoms with Gasteiger partial charge >= 0.3 is 0 Å². The Balaban J connectivity index is 2.64. The number of fused-ring (bicyclic) bond motifs is 2. The van der Waals surface area contributed by atoms with Crippen molar-refractivity contribution >= 4 is 41.5 Å². The monoisotopic (exact) mass is 314 g/mol. The van der Waals surface area contributed by atoms with E-state index in [4.69, 9.17) is 10.2 Å². The lowest BCUT2D eigenvalue weighted by Gasteiger charge is -1.88. The van der Waals surface area contributed by atoms with E-state index in [0.29, 0.717) is 9.13 Å². The fraction of sp³-hybridized carbons (Fsp3) is 0.200. The van der Waals surface area contributed by atoms with Crippen molar-refractivity contribution in [1.29, 1.82) is 0 Å². The van der Waals surface area contributed by atoms with Crippen molar-refractivity contribution in [2.45, 2.75) is 13.5 Å². The van der Waals surface area contributed by atoms with E-state index in [-0.39, 0.29) is 18.8 Å². The number of aliphatic hydroxyl groups is 2. The van der Waals surface area contributed by atoms with Crippen LogP contribution >= 0.6 is 22.7 Å². The Morgan fingerprint density at radius 3 is 1.10 bits per heavy atom. The first-order chi connectivity index (χ1) is 9.51. The van der Waals surface area contributed by atoms with Crippen LogP contribution in [0.15, 0.2) is 19.2 Å². The van der Waals surface area contributed by atoms with E-state index >= 15 is 0 Å². The average Bonchev–Trinajstić information content (AvgIpc) is 2.82. The van der Waals surface area contributed by atoms with E-state index in [0.717, 1.165) is 22.7 Å². The van der Waals surface area contributed by atoms with Crippen molar-refractivity contribution in [2.75, 3.05) is 0 Å². The van der Waals surface area contributed by atoms with Gasteiger partial charge in [0.05, 0.1) is 0 Å². The van der Waals surface area contributed by atoms with Gasteiger partial charge in [-0.1, -0.05) is 0 Å². The molecule has 0 aliphatic rings. The van der Waals surface area contributed by atoms with Crippen LogP contribution in [0.1, 0.15) is 0 Å². The first-order valence-corrected chi connectivity index (χ1v) is 6.93. The lowest BCUT2D eigenvalue weighted by molar-refractivity contribution is 0.204. The van der Waals surface area contributed by atoms with Gasteiger partial charge in [0.25, 0.3) is 22.2 Å². The molecule has 0 amide bonds. The number of aromatic nitrogens is 2. The lowest BCUT2D eigenvalue weighted by Crippen LogP contribution is -2.25. The predicted octanol–water partition coefficient (Wildman–Crippen LogP) is -1.50. The van der Waals surface area contributed by atoms with Crippen LogP contribution in [-0.2, 0) is 13.5 Å². The molecule has 0 atom stereocenters. The maximum absolute atomic E-state index is 11.9. The first-order valence-electron chi connectivity index (χ1n) is 5.29. The van der Waals surface area contributed by atoms with E-state index in [1.165, 1.54) is 0 Å². The fourth-order valence-electron chi connectivity index (χ4n) is 1.88. The van der Waals surface area contributed by atoms with Gasteiger partial charge in [0, 0.05) is 0 Å². The van der Waals surface area contributed by atoms with Crippen LogP contribution < -0.4 is 22.2 Å². The van der Waals surface area contributed by atoms with Gasteiger partial charge < -0.3 is 10.2 Å². The standard InChI is InChI=1S/C10H6N2O6S2/c13-1-11-7(15)3-4(8(11)16)20-6-5(19-3)9(17)12(2-14)10(6)18/h13-14H,1-2H2. The normalized spacial score (nSPS) is 11.7. The molecule has 8 nitrogen and oxygen atoms in total. The number of rotatable bonds is 2. The molecule has 20 heavy (non-hydrogen) atoms. The molecule has 0 unspecified atom stereocenters. The highest BCUT2D eigenvalue weighted by Crippen LogP contribution is 2.25. The van der Waals surface area contributed by atoms with Crippen LogP contribution in [-0.4, -0.2) is 19.3 Å². The molecule has 104 valence electrons. The molecule has 0 saturated carbocycles. The molecule has 3 aromatic rings. The van der Waals surface area contributed by atoms with E-state index in [2.05, 4.69) is 0 Å². The third kappa shape index (κ3) is 1.47. The van der Waals surface area contributed by atoms with Gasteiger partial charge in [-0.2, -0.15) is 0 Å². The summed E-state index contributed by atoms with van der Waals surface area (Å²) in [7, 11) is 0. The highest BCUT2D eigenvalue weighted by Gasteiger charge is 2.20. The van der Waals surface area contributed by atoms with Crippen LogP contribution in [0.25, 0.3) is 18.8 Å². The summed E-state index contributed by atoms with van der Waals surface area (Å²) in [5.41, 5.74) is -2.78. The van der Waals surface area contributed by atoms with Crippen LogP contribution in [0.3, 0.4) is 0 Å². The van der Waals surface area contributed by atoms with E-state index in [1.54, 1.807) is 0 Å². The molecule has 0 spiro atoms. The van der Waals surface area contributed by atoms with Crippen molar-refractivity contribution in [3.8, 4) is 0 Å². The molecule has 0 fully saturated rings. The number of hydrogen-bond donors (Lipinski definition) is 2. The molecule has 0 aliphatic carbocycles. The van der Waals surface area contributed by atoms with Gasteiger partial charge in [0.2, 0.25) is 0 Å². The second-order valence-electron chi connectivity index (χ2n) is 3.88. The number of aliphatic hydroxyl groups excluding tert-OH is 2. The zero-order valence-corrected chi connectivity index (χ0v) is 11.3. The summed E-state index contributed by atoms with van der Waals surface area (Å²) in [4.78, 5) is 47.5. The summed E-state index contributed by atoms with van der Waals surface area (Å²) in [5.74, 6) is 0. The molecular formula is C10H6N2O6S2. The minimum absolute atomic E-state index is 0.0220. The van der Waals surface area contributed by atoms with Gasteiger partial charge in [-0.15, -0.1) is 22.7 Å².